The SMILES string of the molecule is CCOc1cc(Cl)ccc1NC(=O)c1cc2ccccc2c(N=Nc2c(S(=O)(=O)O)ccc(C)c2Cl)c1O. The Labute approximate surface area is 228 Å². The molecule has 0 aliphatic carbocycles. The highest BCUT2D eigenvalue weighted by Crippen LogP contribution is 2.42. The topological polar surface area (TPSA) is 138 Å². The third kappa shape index (κ3) is 5.58. The lowest BCUT2D eigenvalue weighted by Gasteiger charge is -2.14. The summed E-state index contributed by atoms with van der Waals surface area (Å²) < 4.78 is 39.0. The van der Waals surface area contributed by atoms with Gasteiger partial charge in [0.25, 0.3) is 16.0 Å². The lowest BCUT2D eigenvalue weighted by molar-refractivity contribution is 0.102. The lowest BCUT2D eigenvalue weighted by Crippen LogP contribution is -2.13. The van der Waals surface area contributed by atoms with Gasteiger partial charge in [-0.1, -0.05) is 53.5 Å². The van der Waals surface area contributed by atoms with Gasteiger partial charge in [-0.2, -0.15) is 8.42 Å². The summed E-state index contributed by atoms with van der Waals surface area (Å²) in [6, 6.07) is 15.6. The second-order valence-corrected chi connectivity index (χ2v) is 10.3. The van der Waals surface area contributed by atoms with Gasteiger partial charge in [0.2, 0.25) is 0 Å². The predicted molar refractivity (Wildman–Crippen MR) is 146 cm³/mol. The molecule has 4 rings (SSSR count). The van der Waals surface area contributed by atoms with E-state index in [0.717, 1.165) is 6.07 Å². The third-order valence-electron chi connectivity index (χ3n) is 5.53. The van der Waals surface area contributed by atoms with Gasteiger partial charge in [0.15, 0.2) is 5.75 Å². The van der Waals surface area contributed by atoms with Gasteiger partial charge in [0.05, 0.1) is 22.9 Å². The second-order valence-electron chi connectivity index (χ2n) is 8.09. The average molecular weight is 574 g/mol. The molecule has 0 aromatic heterocycles. The van der Waals surface area contributed by atoms with E-state index in [0.29, 0.717) is 39.4 Å². The van der Waals surface area contributed by atoms with Crippen LogP contribution in [-0.2, 0) is 10.1 Å². The van der Waals surface area contributed by atoms with E-state index in [-0.39, 0.29) is 22.0 Å². The van der Waals surface area contributed by atoms with Gasteiger partial charge >= 0.3 is 0 Å². The van der Waals surface area contributed by atoms with Crippen molar-refractivity contribution in [3.05, 3.63) is 81.8 Å². The van der Waals surface area contributed by atoms with Crippen LogP contribution in [0.5, 0.6) is 11.5 Å². The quantitative estimate of drug-likeness (QED) is 0.155. The second kappa shape index (κ2) is 11.0. The normalized spacial score (nSPS) is 11.7. The minimum absolute atomic E-state index is 0.0484. The number of benzene rings is 4. The monoisotopic (exact) mass is 573 g/mol. The van der Waals surface area contributed by atoms with E-state index in [9.17, 15) is 22.9 Å². The Bertz CT molecular complexity index is 1710. The maximum Gasteiger partial charge on any atom is 0.296 e. The number of nitrogens with zero attached hydrogens (tertiary/aromatic N) is 2. The average Bonchev–Trinajstić information content (AvgIpc) is 2.86. The predicted octanol–water partition coefficient (Wildman–Crippen LogP) is 7.47. The van der Waals surface area contributed by atoms with Crippen molar-refractivity contribution in [1.82, 2.24) is 0 Å². The van der Waals surface area contributed by atoms with Crippen molar-refractivity contribution in [2.24, 2.45) is 10.2 Å². The highest BCUT2D eigenvalue weighted by Gasteiger charge is 2.22. The maximum absolute atomic E-state index is 13.3. The molecular weight excluding hydrogens is 553 g/mol. The number of aryl methyl sites for hydroxylation is 1. The molecule has 3 N–H and O–H groups in total. The van der Waals surface area contributed by atoms with E-state index in [1.807, 2.05) is 0 Å². The number of aromatic hydroxyl groups is 1. The first-order valence-electron chi connectivity index (χ1n) is 11.2. The van der Waals surface area contributed by atoms with Gasteiger partial charge in [-0.3, -0.25) is 9.35 Å². The molecule has 12 heteroatoms. The number of ether oxygens (including phenoxy) is 1. The van der Waals surface area contributed by atoms with Gasteiger partial charge in [-0.05, 0) is 49.1 Å². The number of halogens is 2. The summed E-state index contributed by atoms with van der Waals surface area (Å²) in [5.41, 5.74) is 0.285. The van der Waals surface area contributed by atoms with Crippen molar-refractivity contribution in [1.29, 1.82) is 0 Å². The third-order valence-corrected chi connectivity index (χ3v) is 7.13. The van der Waals surface area contributed by atoms with Crippen LogP contribution in [0.15, 0.2) is 75.8 Å². The molecule has 0 unspecified atom stereocenters. The zero-order valence-corrected chi connectivity index (χ0v) is 22.4. The summed E-state index contributed by atoms with van der Waals surface area (Å²) >= 11 is 12.3. The number of phenols is 1. The molecule has 0 spiro atoms. The number of hydrogen-bond donors (Lipinski definition) is 3. The maximum atomic E-state index is 13.3. The van der Waals surface area contributed by atoms with Gasteiger partial charge < -0.3 is 15.2 Å². The van der Waals surface area contributed by atoms with Crippen molar-refractivity contribution in [3.63, 3.8) is 0 Å². The zero-order valence-electron chi connectivity index (χ0n) is 20.1. The van der Waals surface area contributed by atoms with Crippen LogP contribution >= 0.6 is 23.2 Å². The summed E-state index contributed by atoms with van der Waals surface area (Å²) in [6.45, 7) is 3.75. The number of phenolic OH excluding ortho intramolecular Hbond substituents is 1. The number of rotatable bonds is 7. The molecule has 0 saturated carbocycles. The minimum Gasteiger partial charge on any atom is -0.505 e. The molecular formula is C26H21Cl2N3O6S. The number of nitrogens with one attached hydrogen (secondary N) is 1. The fourth-order valence-corrected chi connectivity index (χ4v) is 4.75. The van der Waals surface area contributed by atoms with E-state index in [1.54, 1.807) is 56.3 Å². The van der Waals surface area contributed by atoms with E-state index in [1.165, 1.54) is 12.1 Å². The molecule has 0 fully saturated rings. The van der Waals surface area contributed by atoms with Crippen molar-refractivity contribution in [3.8, 4) is 11.5 Å². The number of fused-ring (bicyclic) bond motifs is 1. The largest absolute Gasteiger partial charge is 0.505 e. The lowest BCUT2D eigenvalue weighted by atomic mass is 10.0. The Morgan fingerprint density at radius 1 is 1.03 bits per heavy atom. The van der Waals surface area contributed by atoms with Gasteiger partial charge in [-0.25, -0.2) is 0 Å². The molecule has 4 aromatic rings. The number of hydrogen-bond acceptors (Lipinski definition) is 7. The number of anilines is 1. The van der Waals surface area contributed by atoms with Crippen LogP contribution in [0.25, 0.3) is 10.8 Å². The van der Waals surface area contributed by atoms with E-state index >= 15 is 0 Å². The number of carbonyl (C=O) groups is 1. The van der Waals surface area contributed by atoms with E-state index in [4.69, 9.17) is 27.9 Å². The van der Waals surface area contributed by atoms with Crippen LogP contribution in [0.1, 0.15) is 22.8 Å². The van der Waals surface area contributed by atoms with Crippen molar-refractivity contribution in [2.45, 2.75) is 18.7 Å². The highest BCUT2D eigenvalue weighted by molar-refractivity contribution is 7.86. The summed E-state index contributed by atoms with van der Waals surface area (Å²) in [7, 11) is -4.68. The van der Waals surface area contributed by atoms with Crippen LogP contribution in [0.4, 0.5) is 17.1 Å². The molecule has 4 aromatic carbocycles. The van der Waals surface area contributed by atoms with E-state index < -0.39 is 26.7 Å². The molecule has 38 heavy (non-hydrogen) atoms. The Balaban J connectivity index is 1.84. The number of amides is 1. The molecule has 9 nitrogen and oxygen atoms in total. The van der Waals surface area contributed by atoms with E-state index in [2.05, 4.69) is 15.5 Å². The first kappa shape index (κ1) is 27.3. The van der Waals surface area contributed by atoms with Crippen molar-refractivity contribution < 1.29 is 27.6 Å². The van der Waals surface area contributed by atoms with Crippen molar-refractivity contribution in [2.75, 3.05) is 11.9 Å². The van der Waals surface area contributed by atoms with Crippen molar-refractivity contribution >= 4 is 67.1 Å². The first-order valence-corrected chi connectivity index (χ1v) is 13.4. The fraction of sp³-hybridized carbons (Fsp3) is 0.115. The molecule has 1 amide bonds. The zero-order chi connectivity index (χ0) is 27.6. The molecule has 0 aliphatic heterocycles. The van der Waals surface area contributed by atoms with Crippen LogP contribution < -0.4 is 10.1 Å². The Hall–Kier alpha value is -3.70. The van der Waals surface area contributed by atoms with Gasteiger partial charge in [-0.15, -0.1) is 10.2 Å². The highest BCUT2D eigenvalue weighted by atomic mass is 35.5. The summed E-state index contributed by atoms with van der Waals surface area (Å²) in [5.74, 6) is -0.824. The molecule has 196 valence electrons. The fourth-order valence-electron chi connectivity index (χ4n) is 3.70. The Morgan fingerprint density at radius 3 is 2.45 bits per heavy atom. The Morgan fingerprint density at radius 2 is 1.74 bits per heavy atom. The number of azo groups is 1. The molecule has 0 aliphatic rings. The van der Waals surface area contributed by atoms with Crippen LogP contribution in [0.2, 0.25) is 10.0 Å². The van der Waals surface area contributed by atoms with Crippen LogP contribution in [0, 0.1) is 6.92 Å². The minimum atomic E-state index is -4.68. The molecule has 0 radical (unpaired) electrons. The van der Waals surface area contributed by atoms with Gasteiger partial charge in [0, 0.05) is 16.5 Å². The molecule has 0 heterocycles. The van der Waals surface area contributed by atoms with Crippen LogP contribution in [0.3, 0.4) is 0 Å². The van der Waals surface area contributed by atoms with Gasteiger partial charge in [0.1, 0.15) is 22.0 Å². The first-order chi connectivity index (χ1) is 18.0. The Kier molecular flexibility index (Phi) is 7.89. The summed E-state index contributed by atoms with van der Waals surface area (Å²) in [4.78, 5) is 12.7. The summed E-state index contributed by atoms with van der Waals surface area (Å²) in [5, 5.41) is 23.2. The van der Waals surface area contributed by atoms with Crippen LogP contribution in [-0.4, -0.2) is 30.6 Å². The molecule has 0 atom stereocenters. The standard InChI is InChI=1S/C26H21Cl2N3O6S/c1-3-37-20-13-16(27)9-10-19(20)29-26(33)18-12-15-6-4-5-7-17(15)23(25(18)32)30-31-24-21(38(34,35)36)11-8-14(2)22(24)28/h4-13,32H,3H2,1-2H3,(H,29,33)(H,34,35,36). The smallest absolute Gasteiger partial charge is 0.296 e. The molecule has 0 saturated heterocycles. The molecule has 0 bridgehead atoms. The number of carbonyl (C=O) groups excluding carboxylic acids is 1. The summed E-state index contributed by atoms with van der Waals surface area (Å²) in [6.07, 6.45) is 0.